The molecule has 0 radical (unpaired) electrons. The van der Waals surface area contributed by atoms with Crippen LogP contribution in [0.4, 0.5) is 0 Å². The van der Waals surface area contributed by atoms with E-state index in [9.17, 15) is 4.79 Å². The molecule has 1 aromatic carbocycles. The normalized spacial score (nSPS) is 24.0. The van der Waals surface area contributed by atoms with Gasteiger partial charge in [-0.3, -0.25) is 4.79 Å². The zero-order valence-corrected chi connectivity index (χ0v) is 11.6. The molecule has 2 nitrogen and oxygen atoms in total. The summed E-state index contributed by atoms with van der Waals surface area (Å²) in [6.07, 6.45) is 6.95. The SMILES string of the molecule is O=C(CC1CC1)N1CCCC[C@H](c2ccccc2)C1. The van der Waals surface area contributed by atoms with Crippen molar-refractivity contribution in [3.63, 3.8) is 0 Å². The van der Waals surface area contributed by atoms with Gasteiger partial charge in [0.1, 0.15) is 0 Å². The second kappa shape index (κ2) is 5.77. The summed E-state index contributed by atoms with van der Waals surface area (Å²) in [5.41, 5.74) is 1.40. The van der Waals surface area contributed by atoms with Gasteiger partial charge in [0.15, 0.2) is 0 Å². The van der Waals surface area contributed by atoms with E-state index in [1.165, 1.54) is 37.7 Å². The molecule has 0 spiro atoms. The van der Waals surface area contributed by atoms with Crippen molar-refractivity contribution >= 4 is 5.91 Å². The highest BCUT2D eigenvalue weighted by Gasteiger charge is 2.29. The Morgan fingerprint density at radius 1 is 1.11 bits per heavy atom. The molecule has 3 rings (SSSR count). The summed E-state index contributed by atoms with van der Waals surface area (Å²) >= 11 is 0. The van der Waals surface area contributed by atoms with Crippen LogP contribution in [-0.2, 0) is 4.79 Å². The summed E-state index contributed by atoms with van der Waals surface area (Å²) in [4.78, 5) is 14.4. The minimum atomic E-state index is 0.394. The Balaban J connectivity index is 1.66. The molecule has 19 heavy (non-hydrogen) atoms. The molecule has 2 heteroatoms. The van der Waals surface area contributed by atoms with Gasteiger partial charge in [0.2, 0.25) is 5.91 Å². The van der Waals surface area contributed by atoms with Gasteiger partial charge in [0.25, 0.3) is 0 Å². The average Bonchev–Trinajstić information content (AvgIpc) is 3.25. The first-order valence-electron chi connectivity index (χ1n) is 7.65. The second-order valence-electron chi connectivity index (χ2n) is 6.09. The van der Waals surface area contributed by atoms with Crippen LogP contribution in [0.1, 0.15) is 50.0 Å². The Bertz CT molecular complexity index is 424. The summed E-state index contributed by atoms with van der Waals surface area (Å²) in [7, 11) is 0. The number of likely N-dealkylation sites (tertiary alicyclic amines) is 1. The molecule has 2 fully saturated rings. The van der Waals surface area contributed by atoms with E-state index in [1.54, 1.807) is 0 Å². The zero-order chi connectivity index (χ0) is 13.1. The molecular formula is C17H23NO. The van der Waals surface area contributed by atoms with Crippen molar-refractivity contribution in [2.45, 2.75) is 44.4 Å². The first kappa shape index (κ1) is 12.7. The van der Waals surface area contributed by atoms with Crippen molar-refractivity contribution in [1.82, 2.24) is 4.90 Å². The van der Waals surface area contributed by atoms with Crippen LogP contribution < -0.4 is 0 Å². The van der Waals surface area contributed by atoms with E-state index in [-0.39, 0.29) is 0 Å². The van der Waals surface area contributed by atoms with Gasteiger partial charge < -0.3 is 4.90 Å². The van der Waals surface area contributed by atoms with Crippen molar-refractivity contribution in [1.29, 1.82) is 0 Å². The lowest BCUT2D eigenvalue weighted by Gasteiger charge is -2.25. The van der Waals surface area contributed by atoms with Gasteiger partial charge in [-0.15, -0.1) is 0 Å². The van der Waals surface area contributed by atoms with Crippen molar-refractivity contribution < 1.29 is 4.79 Å². The predicted molar refractivity (Wildman–Crippen MR) is 77.0 cm³/mol. The summed E-state index contributed by atoms with van der Waals surface area (Å²) in [5.74, 6) is 1.63. The highest BCUT2D eigenvalue weighted by Crippen LogP contribution is 2.34. The van der Waals surface area contributed by atoms with Crippen molar-refractivity contribution in [2.24, 2.45) is 5.92 Å². The average molecular weight is 257 g/mol. The summed E-state index contributed by atoms with van der Waals surface area (Å²) in [5, 5.41) is 0. The quantitative estimate of drug-likeness (QED) is 0.810. The van der Waals surface area contributed by atoms with E-state index in [0.717, 1.165) is 19.5 Å². The third-order valence-corrected chi connectivity index (χ3v) is 4.46. The fourth-order valence-electron chi connectivity index (χ4n) is 3.06. The topological polar surface area (TPSA) is 20.3 Å². The van der Waals surface area contributed by atoms with Crippen LogP contribution in [0.3, 0.4) is 0 Å². The lowest BCUT2D eigenvalue weighted by Crippen LogP contribution is -2.34. The molecule has 1 aliphatic carbocycles. The first-order valence-corrected chi connectivity index (χ1v) is 7.65. The maximum atomic E-state index is 12.3. The van der Waals surface area contributed by atoms with Gasteiger partial charge in [-0.05, 0) is 37.2 Å². The highest BCUT2D eigenvalue weighted by atomic mass is 16.2. The fraction of sp³-hybridized carbons (Fsp3) is 0.588. The van der Waals surface area contributed by atoms with E-state index in [4.69, 9.17) is 0 Å². The number of rotatable bonds is 3. The smallest absolute Gasteiger partial charge is 0.222 e. The molecule has 0 unspecified atom stereocenters. The van der Waals surface area contributed by atoms with Crippen LogP contribution in [0, 0.1) is 5.92 Å². The Labute approximate surface area is 115 Å². The number of benzene rings is 1. The molecule has 0 N–H and O–H groups in total. The Morgan fingerprint density at radius 3 is 2.63 bits per heavy atom. The molecule has 1 aliphatic heterocycles. The van der Waals surface area contributed by atoms with Gasteiger partial charge in [0, 0.05) is 25.4 Å². The summed E-state index contributed by atoms with van der Waals surface area (Å²) in [6.45, 7) is 1.89. The number of amides is 1. The van der Waals surface area contributed by atoms with Gasteiger partial charge in [0.05, 0.1) is 0 Å². The Hall–Kier alpha value is -1.31. The molecule has 0 bridgehead atoms. The van der Waals surface area contributed by atoms with Gasteiger partial charge in [-0.25, -0.2) is 0 Å². The Kier molecular flexibility index (Phi) is 3.86. The van der Waals surface area contributed by atoms with E-state index >= 15 is 0 Å². The van der Waals surface area contributed by atoms with Crippen molar-refractivity contribution in [3.8, 4) is 0 Å². The molecule has 1 aromatic rings. The van der Waals surface area contributed by atoms with Crippen molar-refractivity contribution in [2.75, 3.05) is 13.1 Å². The molecule has 0 aromatic heterocycles. The molecule has 1 amide bonds. The molecule has 1 saturated carbocycles. The largest absolute Gasteiger partial charge is 0.342 e. The fourth-order valence-corrected chi connectivity index (χ4v) is 3.06. The zero-order valence-electron chi connectivity index (χ0n) is 11.6. The lowest BCUT2D eigenvalue weighted by atomic mass is 9.94. The van der Waals surface area contributed by atoms with Crippen molar-refractivity contribution in [3.05, 3.63) is 35.9 Å². The van der Waals surface area contributed by atoms with Gasteiger partial charge >= 0.3 is 0 Å². The third kappa shape index (κ3) is 3.37. The molecule has 2 aliphatic rings. The van der Waals surface area contributed by atoms with Crippen LogP contribution in [0.25, 0.3) is 0 Å². The number of carbonyl (C=O) groups excluding carboxylic acids is 1. The molecular weight excluding hydrogens is 234 g/mol. The van der Waals surface area contributed by atoms with Gasteiger partial charge in [-0.2, -0.15) is 0 Å². The summed E-state index contributed by atoms with van der Waals surface area (Å²) in [6, 6.07) is 10.7. The number of hydrogen-bond donors (Lipinski definition) is 0. The molecule has 1 heterocycles. The monoisotopic (exact) mass is 257 g/mol. The maximum Gasteiger partial charge on any atom is 0.222 e. The standard InChI is InChI=1S/C17H23NO/c19-17(12-14-9-10-14)18-11-5-4-8-16(13-18)15-6-2-1-3-7-15/h1-3,6-7,14,16H,4-5,8-13H2/t16-/m0/s1. The first-order chi connectivity index (χ1) is 9.33. The summed E-state index contributed by atoms with van der Waals surface area (Å²) < 4.78 is 0. The molecule has 1 atom stereocenters. The van der Waals surface area contributed by atoms with Crippen LogP contribution >= 0.6 is 0 Å². The third-order valence-electron chi connectivity index (χ3n) is 4.46. The number of hydrogen-bond acceptors (Lipinski definition) is 1. The number of carbonyl (C=O) groups is 1. The van der Waals surface area contributed by atoms with Crippen LogP contribution in [-0.4, -0.2) is 23.9 Å². The maximum absolute atomic E-state index is 12.3. The number of nitrogens with zero attached hydrogens (tertiary/aromatic N) is 1. The van der Waals surface area contributed by atoms with Crippen LogP contribution in [0.15, 0.2) is 30.3 Å². The van der Waals surface area contributed by atoms with E-state index in [0.29, 0.717) is 17.7 Å². The highest BCUT2D eigenvalue weighted by molar-refractivity contribution is 5.76. The molecule has 1 saturated heterocycles. The van der Waals surface area contributed by atoms with Gasteiger partial charge in [-0.1, -0.05) is 36.8 Å². The minimum Gasteiger partial charge on any atom is -0.342 e. The van der Waals surface area contributed by atoms with E-state index < -0.39 is 0 Å². The van der Waals surface area contributed by atoms with Crippen LogP contribution in [0.5, 0.6) is 0 Å². The predicted octanol–water partition coefficient (Wildman–Crippen LogP) is 3.58. The minimum absolute atomic E-state index is 0.394. The van der Waals surface area contributed by atoms with E-state index in [1.807, 2.05) is 0 Å². The molecule has 102 valence electrons. The van der Waals surface area contributed by atoms with Crippen LogP contribution in [0.2, 0.25) is 0 Å². The van der Waals surface area contributed by atoms with E-state index in [2.05, 4.69) is 35.2 Å². The lowest BCUT2D eigenvalue weighted by molar-refractivity contribution is -0.131. The Morgan fingerprint density at radius 2 is 1.89 bits per heavy atom. The second-order valence-corrected chi connectivity index (χ2v) is 6.09.